The van der Waals surface area contributed by atoms with Crippen molar-refractivity contribution in [3.63, 3.8) is 0 Å². The number of hydrogen-bond acceptors (Lipinski definition) is 3. The van der Waals surface area contributed by atoms with E-state index in [1.807, 2.05) is 0 Å². The smallest absolute Gasteiger partial charge is 0.327 e. The second-order valence-electron chi connectivity index (χ2n) is 5.33. The second-order valence-corrected chi connectivity index (χ2v) is 8.03. The standard InChI is InChI=1S/C16H14Cl2FNO4S/c1-25(23,24)20(13-6-4-12(19)5-7-13)15(16(21)22)8-10-2-3-11(17)9-14(10)18/h2-7,9,15H,8H2,1H3,(H,21,22)/t15-/m0/s1. The van der Waals surface area contributed by atoms with Gasteiger partial charge >= 0.3 is 5.97 Å². The molecule has 25 heavy (non-hydrogen) atoms. The zero-order valence-corrected chi connectivity index (χ0v) is 15.3. The van der Waals surface area contributed by atoms with Crippen molar-refractivity contribution in [2.45, 2.75) is 12.5 Å². The third-order valence-corrected chi connectivity index (χ3v) is 5.20. The van der Waals surface area contributed by atoms with Crippen LogP contribution >= 0.6 is 23.2 Å². The zero-order chi connectivity index (χ0) is 18.8. The molecule has 9 heteroatoms. The van der Waals surface area contributed by atoms with Gasteiger partial charge in [0.1, 0.15) is 11.9 Å². The summed E-state index contributed by atoms with van der Waals surface area (Å²) in [5, 5.41) is 10.2. The maximum absolute atomic E-state index is 13.1. The van der Waals surface area contributed by atoms with Crippen molar-refractivity contribution in [3.8, 4) is 0 Å². The molecule has 1 N–H and O–H groups in total. The molecule has 0 aliphatic heterocycles. The maximum atomic E-state index is 13.1. The van der Waals surface area contributed by atoms with Gasteiger partial charge in [0.2, 0.25) is 10.0 Å². The number of anilines is 1. The summed E-state index contributed by atoms with van der Waals surface area (Å²) in [6.45, 7) is 0. The van der Waals surface area contributed by atoms with E-state index in [2.05, 4.69) is 0 Å². The number of halogens is 3. The number of nitrogens with zero attached hydrogens (tertiary/aromatic N) is 1. The van der Waals surface area contributed by atoms with Crippen LogP contribution in [0.5, 0.6) is 0 Å². The van der Waals surface area contributed by atoms with Gasteiger partial charge in [-0.25, -0.2) is 17.6 Å². The molecule has 0 bridgehead atoms. The normalized spacial score (nSPS) is 12.6. The van der Waals surface area contributed by atoms with Gasteiger partial charge in [-0.15, -0.1) is 0 Å². The molecule has 0 saturated carbocycles. The van der Waals surface area contributed by atoms with E-state index >= 15 is 0 Å². The molecule has 134 valence electrons. The molecule has 1 atom stereocenters. The summed E-state index contributed by atoms with van der Waals surface area (Å²) in [6.07, 6.45) is 0.700. The first kappa shape index (κ1) is 19.5. The maximum Gasteiger partial charge on any atom is 0.327 e. The minimum Gasteiger partial charge on any atom is -0.480 e. The van der Waals surface area contributed by atoms with Gasteiger partial charge in [0, 0.05) is 16.5 Å². The van der Waals surface area contributed by atoms with Gasteiger partial charge in [-0.3, -0.25) is 4.31 Å². The third-order valence-electron chi connectivity index (χ3n) is 3.43. The largest absolute Gasteiger partial charge is 0.480 e. The van der Waals surface area contributed by atoms with Crippen LogP contribution in [-0.2, 0) is 21.2 Å². The van der Waals surface area contributed by atoms with Crippen LogP contribution in [0.3, 0.4) is 0 Å². The van der Waals surface area contributed by atoms with Gasteiger partial charge in [0.05, 0.1) is 11.9 Å². The number of sulfonamides is 1. The van der Waals surface area contributed by atoms with E-state index in [1.54, 1.807) is 0 Å². The van der Waals surface area contributed by atoms with Crippen molar-refractivity contribution >= 4 is 44.9 Å². The SMILES string of the molecule is CS(=O)(=O)N(c1ccc(F)cc1)[C@@H](Cc1ccc(Cl)cc1Cl)C(=O)O. The molecule has 2 rings (SSSR count). The van der Waals surface area contributed by atoms with Crippen LogP contribution in [0.1, 0.15) is 5.56 Å². The Hall–Kier alpha value is -1.83. The Kier molecular flexibility index (Phi) is 5.92. The molecule has 0 unspecified atom stereocenters. The van der Waals surface area contributed by atoms with E-state index in [-0.39, 0.29) is 17.1 Å². The minimum absolute atomic E-state index is 0.0429. The first-order valence-corrected chi connectivity index (χ1v) is 9.61. The number of aliphatic carboxylic acids is 1. The molecule has 0 radical (unpaired) electrons. The van der Waals surface area contributed by atoms with Crippen molar-refractivity contribution < 1.29 is 22.7 Å². The lowest BCUT2D eigenvalue weighted by atomic mass is 10.1. The minimum atomic E-state index is -3.96. The topological polar surface area (TPSA) is 74.7 Å². The van der Waals surface area contributed by atoms with Gasteiger partial charge < -0.3 is 5.11 Å². The fourth-order valence-electron chi connectivity index (χ4n) is 2.36. The van der Waals surface area contributed by atoms with Crippen molar-refractivity contribution in [3.05, 3.63) is 63.9 Å². The molecule has 0 heterocycles. The van der Waals surface area contributed by atoms with Crippen molar-refractivity contribution in [1.29, 1.82) is 0 Å². The first-order valence-electron chi connectivity index (χ1n) is 7.01. The van der Waals surface area contributed by atoms with Gasteiger partial charge in [-0.1, -0.05) is 29.3 Å². The fraction of sp³-hybridized carbons (Fsp3) is 0.188. The average molecular weight is 406 g/mol. The molecular weight excluding hydrogens is 392 g/mol. The monoisotopic (exact) mass is 405 g/mol. The van der Waals surface area contributed by atoms with Crippen molar-refractivity contribution in [2.24, 2.45) is 0 Å². The van der Waals surface area contributed by atoms with E-state index in [0.717, 1.165) is 22.7 Å². The van der Waals surface area contributed by atoms with Crippen molar-refractivity contribution in [2.75, 3.05) is 10.6 Å². The highest BCUT2D eigenvalue weighted by Crippen LogP contribution is 2.27. The van der Waals surface area contributed by atoms with Gasteiger partial charge in [0.15, 0.2) is 0 Å². The molecule has 0 saturated heterocycles. The van der Waals surface area contributed by atoms with E-state index in [4.69, 9.17) is 23.2 Å². The van der Waals surface area contributed by atoms with Gasteiger partial charge in [0.25, 0.3) is 0 Å². The summed E-state index contributed by atoms with van der Waals surface area (Å²) in [6, 6.07) is 7.57. The summed E-state index contributed by atoms with van der Waals surface area (Å²) >= 11 is 11.9. The molecular formula is C16H14Cl2FNO4S. The predicted octanol–water partition coefficient (Wildman–Crippen LogP) is 3.59. The van der Waals surface area contributed by atoms with Crippen LogP contribution in [-0.4, -0.2) is 31.8 Å². The third kappa shape index (κ3) is 4.84. The van der Waals surface area contributed by atoms with Crippen LogP contribution in [0.25, 0.3) is 0 Å². The lowest BCUT2D eigenvalue weighted by Gasteiger charge is -2.29. The Morgan fingerprint density at radius 1 is 1.20 bits per heavy atom. The van der Waals surface area contributed by atoms with Crippen LogP contribution in [0, 0.1) is 5.82 Å². The Balaban J connectivity index is 2.50. The predicted molar refractivity (Wildman–Crippen MR) is 95.3 cm³/mol. The van der Waals surface area contributed by atoms with E-state index in [9.17, 15) is 22.7 Å². The molecule has 2 aromatic carbocycles. The number of carbonyl (C=O) groups is 1. The molecule has 0 aromatic heterocycles. The molecule has 0 aliphatic carbocycles. The van der Waals surface area contributed by atoms with Crippen LogP contribution in [0.2, 0.25) is 10.0 Å². The van der Waals surface area contributed by atoms with Gasteiger partial charge in [-0.2, -0.15) is 0 Å². The average Bonchev–Trinajstić information content (AvgIpc) is 2.49. The van der Waals surface area contributed by atoms with Crippen LogP contribution in [0.15, 0.2) is 42.5 Å². The Labute approximate surface area is 154 Å². The van der Waals surface area contributed by atoms with E-state index in [1.165, 1.54) is 30.3 Å². The number of carboxylic acid groups (broad SMARTS) is 1. The second kappa shape index (κ2) is 7.59. The summed E-state index contributed by atoms with van der Waals surface area (Å²) < 4.78 is 38.3. The summed E-state index contributed by atoms with van der Waals surface area (Å²) in [4.78, 5) is 11.8. The molecule has 5 nitrogen and oxygen atoms in total. The highest BCUT2D eigenvalue weighted by Gasteiger charge is 2.33. The van der Waals surface area contributed by atoms with Crippen LogP contribution in [0.4, 0.5) is 10.1 Å². The van der Waals surface area contributed by atoms with E-state index < -0.39 is 27.9 Å². The highest BCUT2D eigenvalue weighted by atomic mass is 35.5. The Bertz CT molecular complexity index is 888. The van der Waals surface area contributed by atoms with Gasteiger partial charge in [-0.05, 0) is 42.0 Å². The highest BCUT2D eigenvalue weighted by molar-refractivity contribution is 7.92. The molecule has 0 fully saturated rings. The molecule has 0 amide bonds. The number of rotatable bonds is 6. The molecule has 0 aliphatic rings. The number of hydrogen-bond donors (Lipinski definition) is 1. The molecule has 2 aromatic rings. The quantitative estimate of drug-likeness (QED) is 0.796. The summed E-state index contributed by atoms with van der Waals surface area (Å²) in [5.41, 5.74) is 0.468. The Morgan fingerprint density at radius 3 is 2.28 bits per heavy atom. The summed E-state index contributed by atoms with van der Waals surface area (Å²) in [7, 11) is -3.96. The van der Waals surface area contributed by atoms with Crippen LogP contribution < -0.4 is 4.31 Å². The first-order chi connectivity index (χ1) is 11.6. The lowest BCUT2D eigenvalue weighted by Crippen LogP contribution is -2.46. The molecule has 0 spiro atoms. The Morgan fingerprint density at radius 2 is 1.80 bits per heavy atom. The van der Waals surface area contributed by atoms with E-state index in [0.29, 0.717) is 10.6 Å². The number of benzene rings is 2. The lowest BCUT2D eigenvalue weighted by molar-refractivity contribution is -0.138. The summed E-state index contributed by atoms with van der Waals surface area (Å²) in [5.74, 6) is -1.93. The zero-order valence-electron chi connectivity index (χ0n) is 13.0. The fourth-order valence-corrected chi connectivity index (χ4v) is 3.97. The van der Waals surface area contributed by atoms with Crippen molar-refractivity contribution in [1.82, 2.24) is 0 Å². The number of carboxylic acids is 1.